The van der Waals surface area contributed by atoms with E-state index >= 15 is 0 Å². The van der Waals surface area contributed by atoms with E-state index in [0.717, 1.165) is 0 Å². The van der Waals surface area contributed by atoms with Crippen LogP contribution in [0.1, 0.15) is 29.9 Å². The van der Waals surface area contributed by atoms with Crippen molar-refractivity contribution >= 4 is 52.3 Å². The molecular weight excluding hydrogens is 635 g/mol. The molecule has 0 amide bonds. The average Bonchev–Trinajstić information content (AvgIpc) is 3.65. The van der Waals surface area contributed by atoms with Crippen LogP contribution in [0.15, 0.2) is 98.6 Å². The van der Waals surface area contributed by atoms with E-state index in [1.165, 1.54) is 23.0 Å². The van der Waals surface area contributed by atoms with Crippen molar-refractivity contribution in [1.29, 1.82) is 0 Å². The van der Waals surface area contributed by atoms with Crippen molar-refractivity contribution in [2.24, 2.45) is 4.99 Å². The number of furan rings is 1. The minimum Gasteiger partial charge on any atom is -0.493 e. The summed E-state index contributed by atoms with van der Waals surface area (Å²) in [6.45, 7) is 1.88. The highest BCUT2D eigenvalue weighted by Crippen LogP contribution is 2.38. The molecule has 0 aliphatic carbocycles. The zero-order valence-electron chi connectivity index (χ0n) is 24.4. The van der Waals surface area contributed by atoms with Crippen molar-refractivity contribution < 1.29 is 23.4 Å². The van der Waals surface area contributed by atoms with E-state index in [2.05, 4.69) is 0 Å². The topological polar surface area (TPSA) is 92.3 Å². The molecule has 6 rings (SSSR count). The number of fused-ring (bicyclic) bond motifs is 1. The van der Waals surface area contributed by atoms with Gasteiger partial charge in [0.1, 0.15) is 11.5 Å². The second-order valence-corrected chi connectivity index (χ2v) is 11.7. The maximum absolute atomic E-state index is 14.2. The predicted molar refractivity (Wildman–Crippen MR) is 175 cm³/mol. The lowest BCUT2D eigenvalue weighted by atomic mass is 9.93. The van der Waals surface area contributed by atoms with Crippen molar-refractivity contribution in [3.63, 3.8) is 0 Å². The summed E-state index contributed by atoms with van der Waals surface area (Å²) in [5.74, 6) is 1.30. The number of carbonyl (C=O) groups is 1. The number of rotatable bonds is 8. The first-order valence-electron chi connectivity index (χ1n) is 13.9. The van der Waals surface area contributed by atoms with E-state index in [1.807, 2.05) is 30.3 Å². The summed E-state index contributed by atoms with van der Waals surface area (Å²) in [5.41, 5.74) is 2.24. The number of ether oxygens (including phenoxy) is 3. The molecule has 11 heteroatoms. The van der Waals surface area contributed by atoms with Crippen molar-refractivity contribution in [3.05, 3.63) is 131 Å². The van der Waals surface area contributed by atoms with Crippen molar-refractivity contribution in [3.8, 4) is 22.8 Å². The molecule has 3 heterocycles. The lowest BCUT2D eigenvalue weighted by molar-refractivity contribution is -0.138. The number of aromatic nitrogens is 1. The Hall–Kier alpha value is -4.57. The Bertz CT molecular complexity index is 2130. The lowest BCUT2D eigenvalue weighted by Crippen LogP contribution is -2.40. The number of nitrogens with zero attached hydrogens (tertiary/aromatic N) is 2. The summed E-state index contributed by atoms with van der Waals surface area (Å²) in [6.07, 6.45) is 1.65. The number of benzene rings is 3. The highest BCUT2D eigenvalue weighted by Gasteiger charge is 2.35. The maximum Gasteiger partial charge on any atom is 0.338 e. The third-order valence-electron chi connectivity index (χ3n) is 7.19. The zero-order chi connectivity index (χ0) is 31.7. The number of esters is 1. The summed E-state index contributed by atoms with van der Waals surface area (Å²) in [4.78, 5) is 33.2. The molecular formula is C34H26Cl2N2O6S. The van der Waals surface area contributed by atoms with Crippen molar-refractivity contribution in [2.45, 2.75) is 13.0 Å². The molecule has 1 aliphatic rings. The molecule has 0 saturated carbocycles. The SMILES string of the molecule is CCOC(=O)C1=C(c2ccccc2)N=c2s/c(=C\c3ccc(-c4cc(Cl)ccc4Cl)o3)c(=O)n2[C@H]1c1ccc(OC)c(OC)c1. The van der Waals surface area contributed by atoms with Crippen LogP contribution in [0.5, 0.6) is 11.5 Å². The van der Waals surface area contributed by atoms with Gasteiger partial charge in [-0.25, -0.2) is 9.79 Å². The lowest BCUT2D eigenvalue weighted by Gasteiger charge is -2.26. The number of methoxy groups -OCH3 is 2. The Kier molecular flexibility index (Phi) is 8.67. The molecule has 1 aliphatic heterocycles. The largest absolute Gasteiger partial charge is 0.493 e. The van der Waals surface area contributed by atoms with Crippen LogP contribution in [-0.4, -0.2) is 31.4 Å². The zero-order valence-corrected chi connectivity index (χ0v) is 26.7. The van der Waals surface area contributed by atoms with Crippen LogP contribution in [0.4, 0.5) is 0 Å². The number of hydrogen-bond acceptors (Lipinski definition) is 8. The fourth-order valence-corrected chi connectivity index (χ4v) is 6.53. The summed E-state index contributed by atoms with van der Waals surface area (Å²) in [5, 5.41) is 0.997. The van der Waals surface area contributed by atoms with Gasteiger partial charge in [0.05, 0.1) is 47.7 Å². The highest BCUT2D eigenvalue weighted by atomic mass is 35.5. The molecule has 0 fully saturated rings. The Morgan fingerprint density at radius 2 is 1.78 bits per heavy atom. The molecule has 0 radical (unpaired) electrons. The van der Waals surface area contributed by atoms with Gasteiger partial charge in [0.15, 0.2) is 16.3 Å². The van der Waals surface area contributed by atoms with Crippen LogP contribution in [0.2, 0.25) is 10.0 Å². The average molecular weight is 662 g/mol. The number of carbonyl (C=O) groups excluding carboxylic acids is 1. The van der Waals surface area contributed by atoms with Gasteiger partial charge in [-0.1, -0.05) is 70.9 Å². The predicted octanol–water partition coefficient (Wildman–Crippen LogP) is 6.52. The van der Waals surface area contributed by atoms with Crippen molar-refractivity contribution in [1.82, 2.24) is 4.57 Å². The highest BCUT2D eigenvalue weighted by molar-refractivity contribution is 7.07. The third-order valence-corrected chi connectivity index (χ3v) is 8.74. The van der Waals surface area contributed by atoms with Crippen LogP contribution >= 0.6 is 34.5 Å². The van der Waals surface area contributed by atoms with Crippen LogP contribution < -0.4 is 24.4 Å². The van der Waals surface area contributed by atoms with Crippen molar-refractivity contribution in [2.75, 3.05) is 20.8 Å². The van der Waals surface area contributed by atoms with Gasteiger partial charge < -0.3 is 18.6 Å². The number of halogens is 2. The fourth-order valence-electron chi connectivity index (χ4n) is 5.17. The number of thiazole rings is 1. The van der Waals surface area contributed by atoms with Gasteiger partial charge in [-0.15, -0.1) is 0 Å². The molecule has 5 aromatic rings. The summed E-state index contributed by atoms with van der Waals surface area (Å²) >= 11 is 13.8. The Labute approximate surface area is 272 Å². The second-order valence-electron chi connectivity index (χ2n) is 9.87. The number of hydrogen-bond donors (Lipinski definition) is 0. The van der Waals surface area contributed by atoms with E-state index in [-0.39, 0.29) is 17.7 Å². The van der Waals surface area contributed by atoms with Crippen LogP contribution in [0.3, 0.4) is 0 Å². The van der Waals surface area contributed by atoms with E-state index in [9.17, 15) is 9.59 Å². The quantitative estimate of drug-likeness (QED) is 0.176. The first-order chi connectivity index (χ1) is 21.8. The Morgan fingerprint density at radius 3 is 2.51 bits per heavy atom. The molecule has 0 unspecified atom stereocenters. The molecule has 0 N–H and O–H groups in total. The molecule has 1 atom stereocenters. The van der Waals surface area contributed by atoms with Crippen LogP contribution in [0.25, 0.3) is 23.1 Å². The van der Waals surface area contributed by atoms with E-state index in [0.29, 0.717) is 64.8 Å². The van der Waals surface area contributed by atoms with Gasteiger partial charge in [-0.05, 0) is 55.0 Å². The maximum atomic E-state index is 14.2. The van der Waals surface area contributed by atoms with Crippen LogP contribution in [-0.2, 0) is 9.53 Å². The van der Waals surface area contributed by atoms with Gasteiger partial charge in [0, 0.05) is 22.2 Å². The first-order valence-corrected chi connectivity index (χ1v) is 15.5. The fraction of sp³-hybridized carbons (Fsp3) is 0.147. The molecule has 3 aromatic carbocycles. The van der Waals surface area contributed by atoms with Gasteiger partial charge in [0.2, 0.25) is 0 Å². The second kappa shape index (κ2) is 12.8. The van der Waals surface area contributed by atoms with E-state index < -0.39 is 12.0 Å². The summed E-state index contributed by atoms with van der Waals surface area (Å²) < 4.78 is 24.5. The van der Waals surface area contributed by atoms with Gasteiger partial charge in [-0.3, -0.25) is 9.36 Å². The minimum atomic E-state index is -0.880. The molecule has 228 valence electrons. The summed E-state index contributed by atoms with van der Waals surface area (Å²) in [6, 6.07) is 22.4. The minimum absolute atomic E-state index is 0.144. The van der Waals surface area contributed by atoms with Gasteiger partial charge in [-0.2, -0.15) is 0 Å². The molecule has 2 aromatic heterocycles. The normalized spacial score (nSPS) is 14.6. The molecule has 0 spiro atoms. The molecule has 0 bridgehead atoms. The standard InChI is InChI=1S/C34H26Cl2N2O6S/c1-4-43-33(40)29-30(19-8-6-5-7-9-19)37-34-38(31(29)20-10-14-26(41-2)27(16-20)42-3)32(39)28(45-34)18-22-12-15-25(44-22)23-17-21(35)11-13-24(23)36/h5-18,31H,4H2,1-3H3/b28-18-/t31-/m0/s1. The molecule has 45 heavy (non-hydrogen) atoms. The monoisotopic (exact) mass is 660 g/mol. The molecule has 8 nitrogen and oxygen atoms in total. The Morgan fingerprint density at radius 1 is 1.00 bits per heavy atom. The molecule has 0 saturated heterocycles. The van der Waals surface area contributed by atoms with E-state index in [1.54, 1.807) is 68.6 Å². The third kappa shape index (κ3) is 5.82. The van der Waals surface area contributed by atoms with Gasteiger partial charge >= 0.3 is 5.97 Å². The van der Waals surface area contributed by atoms with Crippen LogP contribution in [0, 0.1) is 0 Å². The summed E-state index contributed by atoms with van der Waals surface area (Å²) in [7, 11) is 3.07. The smallest absolute Gasteiger partial charge is 0.338 e. The first kappa shape index (κ1) is 30.5. The Balaban J connectivity index is 1.58. The van der Waals surface area contributed by atoms with Gasteiger partial charge in [0.25, 0.3) is 5.56 Å². The van der Waals surface area contributed by atoms with E-state index in [4.69, 9.17) is 46.8 Å².